The number of rotatable bonds is 1. The fourth-order valence-electron chi connectivity index (χ4n) is 3.11. The molecule has 100 valence electrons. The molecule has 1 aromatic rings. The third-order valence-corrected chi connectivity index (χ3v) is 4.17. The van der Waals surface area contributed by atoms with Crippen LogP contribution in [0.1, 0.15) is 48.0 Å². The first-order chi connectivity index (χ1) is 9.34. The van der Waals surface area contributed by atoms with E-state index in [-0.39, 0.29) is 5.78 Å². The van der Waals surface area contributed by atoms with Crippen molar-refractivity contribution < 1.29 is 4.79 Å². The van der Waals surface area contributed by atoms with Crippen LogP contribution in [-0.2, 0) is 6.42 Å². The Kier molecular flexibility index (Phi) is 3.67. The number of likely N-dealkylation sites (tertiary alicyclic amines) is 1. The van der Waals surface area contributed by atoms with Gasteiger partial charge in [0, 0.05) is 30.4 Å². The summed E-state index contributed by atoms with van der Waals surface area (Å²) in [6.45, 7) is 2.22. The van der Waals surface area contributed by atoms with E-state index in [9.17, 15) is 4.79 Å². The number of carbonyl (C=O) groups is 1. The van der Waals surface area contributed by atoms with Crippen molar-refractivity contribution in [2.45, 2.75) is 38.5 Å². The lowest BCUT2D eigenvalue weighted by atomic mass is 10.0. The van der Waals surface area contributed by atoms with E-state index in [1.165, 1.54) is 24.8 Å². The summed E-state index contributed by atoms with van der Waals surface area (Å²) < 4.78 is 0. The summed E-state index contributed by atoms with van der Waals surface area (Å²) in [5.41, 5.74) is 3.14. The van der Waals surface area contributed by atoms with Crippen LogP contribution in [0.3, 0.4) is 0 Å². The molecule has 0 amide bonds. The van der Waals surface area contributed by atoms with Crippen molar-refractivity contribution in [3.8, 4) is 0 Å². The lowest BCUT2D eigenvalue weighted by Gasteiger charge is -2.26. The molecule has 0 bridgehead atoms. The van der Waals surface area contributed by atoms with Gasteiger partial charge in [-0.3, -0.25) is 4.79 Å². The van der Waals surface area contributed by atoms with E-state index in [0.29, 0.717) is 0 Å². The van der Waals surface area contributed by atoms with Gasteiger partial charge in [-0.1, -0.05) is 24.3 Å². The average molecular weight is 255 g/mol. The predicted octanol–water partition coefficient (Wildman–Crippen LogP) is 3.58. The van der Waals surface area contributed by atoms with Crippen molar-refractivity contribution in [3.05, 3.63) is 47.2 Å². The third-order valence-electron chi connectivity index (χ3n) is 4.17. The number of benzene rings is 1. The fourth-order valence-corrected chi connectivity index (χ4v) is 3.11. The molecule has 0 aromatic heterocycles. The Balaban J connectivity index is 1.86. The van der Waals surface area contributed by atoms with Gasteiger partial charge in [0.05, 0.1) is 0 Å². The highest BCUT2D eigenvalue weighted by Crippen LogP contribution is 2.25. The van der Waals surface area contributed by atoms with Crippen LogP contribution in [0.2, 0.25) is 0 Å². The number of carbonyl (C=O) groups excluding carboxylic acids is 1. The van der Waals surface area contributed by atoms with Crippen LogP contribution >= 0.6 is 0 Å². The van der Waals surface area contributed by atoms with Gasteiger partial charge >= 0.3 is 0 Å². The first-order valence-corrected chi connectivity index (χ1v) is 7.42. The van der Waals surface area contributed by atoms with Gasteiger partial charge in [-0.05, 0) is 44.1 Å². The third kappa shape index (κ3) is 2.73. The number of piperidine rings is 1. The lowest BCUT2D eigenvalue weighted by Crippen LogP contribution is -2.25. The lowest BCUT2D eigenvalue weighted by molar-refractivity contribution is 0.102. The molecule has 0 unspecified atom stereocenters. The minimum atomic E-state index is 0.249. The van der Waals surface area contributed by atoms with E-state index in [1.54, 1.807) is 0 Å². The topological polar surface area (TPSA) is 20.3 Å². The second kappa shape index (κ2) is 5.60. The van der Waals surface area contributed by atoms with Gasteiger partial charge in [0.25, 0.3) is 0 Å². The standard InChI is InChI=1S/C17H21NO/c19-17-15(13-18-11-4-1-5-12-18)9-6-8-14-7-2-3-10-16(14)17/h2-3,7,10,13H,1,4-6,8-9,11-12H2/b15-13+. The summed E-state index contributed by atoms with van der Waals surface area (Å²) in [4.78, 5) is 15.0. The van der Waals surface area contributed by atoms with Gasteiger partial charge in [-0.2, -0.15) is 0 Å². The number of hydrogen-bond acceptors (Lipinski definition) is 2. The summed E-state index contributed by atoms with van der Waals surface area (Å²) in [7, 11) is 0. The van der Waals surface area contributed by atoms with Gasteiger partial charge in [-0.15, -0.1) is 0 Å². The van der Waals surface area contributed by atoms with E-state index in [4.69, 9.17) is 0 Å². The number of aryl methyl sites for hydroxylation is 1. The maximum atomic E-state index is 12.6. The molecule has 0 N–H and O–H groups in total. The minimum Gasteiger partial charge on any atom is -0.377 e. The predicted molar refractivity (Wildman–Crippen MR) is 77.2 cm³/mol. The minimum absolute atomic E-state index is 0.249. The Morgan fingerprint density at radius 3 is 2.58 bits per heavy atom. The normalized spacial score (nSPS) is 22.2. The van der Waals surface area contributed by atoms with Crippen molar-refractivity contribution in [2.75, 3.05) is 13.1 Å². The highest BCUT2D eigenvalue weighted by atomic mass is 16.1. The van der Waals surface area contributed by atoms with Crippen LogP contribution in [0.25, 0.3) is 0 Å². The Bertz CT molecular complexity index is 498. The van der Waals surface area contributed by atoms with Crippen LogP contribution < -0.4 is 0 Å². The molecule has 1 aromatic carbocycles. The van der Waals surface area contributed by atoms with E-state index in [0.717, 1.165) is 43.5 Å². The quantitative estimate of drug-likeness (QED) is 0.565. The summed E-state index contributed by atoms with van der Waals surface area (Å²) >= 11 is 0. The van der Waals surface area contributed by atoms with Gasteiger partial charge in [-0.25, -0.2) is 0 Å². The van der Waals surface area contributed by atoms with Crippen LogP contribution in [0.5, 0.6) is 0 Å². The molecule has 0 radical (unpaired) electrons. The van der Waals surface area contributed by atoms with Crippen molar-refractivity contribution in [1.29, 1.82) is 0 Å². The zero-order chi connectivity index (χ0) is 13.1. The van der Waals surface area contributed by atoms with Crippen molar-refractivity contribution in [1.82, 2.24) is 4.90 Å². The summed E-state index contributed by atoms with van der Waals surface area (Å²) in [5, 5.41) is 0. The van der Waals surface area contributed by atoms with Crippen LogP contribution in [0, 0.1) is 0 Å². The molecule has 1 fully saturated rings. The van der Waals surface area contributed by atoms with Crippen LogP contribution in [0.15, 0.2) is 36.0 Å². The molecule has 19 heavy (non-hydrogen) atoms. The second-order valence-electron chi connectivity index (χ2n) is 5.59. The summed E-state index contributed by atoms with van der Waals surface area (Å²) in [6, 6.07) is 8.08. The van der Waals surface area contributed by atoms with Gasteiger partial charge in [0.15, 0.2) is 5.78 Å². The zero-order valence-electron chi connectivity index (χ0n) is 11.4. The number of allylic oxidation sites excluding steroid dienone is 1. The number of Topliss-reactive ketones (excluding diaryl/α,β-unsaturated/α-hetero) is 1. The first kappa shape index (κ1) is 12.5. The van der Waals surface area contributed by atoms with Crippen LogP contribution in [-0.4, -0.2) is 23.8 Å². The summed E-state index contributed by atoms with van der Waals surface area (Å²) in [6.07, 6.45) is 9.02. The van der Waals surface area contributed by atoms with E-state index >= 15 is 0 Å². The molecule has 1 aliphatic carbocycles. The van der Waals surface area contributed by atoms with Gasteiger partial charge in [0.2, 0.25) is 0 Å². The zero-order valence-corrected chi connectivity index (χ0v) is 11.4. The van der Waals surface area contributed by atoms with Gasteiger partial charge in [0.1, 0.15) is 0 Å². The molecule has 0 saturated carbocycles. The molecule has 1 aliphatic heterocycles. The van der Waals surface area contributed by atoms with Crippen molar-refractivity contribution >= 4 is 5.78 Å². The maximum absolute atomic E-state index is 12.6. The molecule has 0 atom stereocenters. The molecule has 0 spiro atoms. The Morgan fingerprint density at radius 1 is 0.947 bits per heavy atom. The SMILES string of the molecule is O=C1/C(=C/N2CCCCC2)CCCc2ccccc21. The second-order valence-corrected chi connectivity index (χ2v) is 5.59. The molecule has 3 rings (SSSR count). The fraction of sp³-hybridized carbons (Fsp3) is 0.471. The molecule has 1 saturated heterocycles. The van der Waals surface area contributed by atoms with E-state index < -0.39 is 0 Å². The first-order valence-electron chi connectivity index (χ1n) is 7.42. The monoisotopic (exact) mass is 255 g/mol. The highest BCUT2D eigenvalue weighted by Gasteiger charge is 2.20. The average Bonchev–Trinajstić information content (AvgIpc) is 2.61. The van der Waals surface area contributed by atoms with Crippen LogP contribution in [0.4, 0.5) is 0 Å². The highest BCUT2D eigenvalue weighted by molar-refractivity contribution is 6.09. The largest absolute Gasteiger partial charge is 0.377 e. The van der Waals surface area contributed by atoms with Gasteiger partial charge < -0.3 is 4.90 Å². The smallest absolute Gasteiger partial charge is 0.190 e. The Hall–Kier alpha value is -1.57. The molecule has 1 heterocycles. The van der Waals surface area contributed by atoms with E-state index in [2.05, 4.69) is 17.2 Å². The van der Waals surface area contributed by atoms with Crippen molar-refractivity contribution in [2.24, 2.45) is 0 Å². The summed E-state index contributed by atoms with van der Waals surface area (Å²) in [5.74, 6) is 0.249. The Labute approximate surface area is 115 Å². The number of fused-ring (bicyclic) bond motifs is 1. The molecule has 2 nitrogen and oxygen atoms in total. The number of ketones is 1. The van der Waals surface area contributed by atoms with Crippen molar-refractivity contribution in [3.63, 3.8) is 0 Å². The number of nitrogens with zero attached hydrogens (tertiary/aromatic N) is 1. The molecule has 2 heteroatoms. The molecule has 2 aliphatic rings. The number of hydrogen-bond donors (Lipinski definition) is 0. The molecular formula is C17H21NO. The van der Waals surface area contributed by atoms with E-state index in [1.807, 2.05) is 18.2 Å². The molecular weight excluding hydrogens is 234 g/mol. The maximum Gasteiger partial charge on any atom is 0.190 e. The Morgan fingerprint density at radius 2 is 1.74 bits per heavy atom.